The Morgan fingerprint density at radius 2 is 1.23 bits per heavy atom. The summed E-state index contributed by atoms with van der Waals surface area (Å²) in [5.74, 6) is 2.36. The van der Waals surface area contributed by atoms with Crippen LogP contribution in [-0.4, -0.2) is 14.1 Å². The van der Waals surface area contributed by atoms with Crippen LogP contribution in [0.3, 0.4) is 0 Å². The Bertz CT molecular complexity index is 3690. The lowest BCUT2D eigenvalue weighted by atomic mass is 9.77. The molecule has 11 rings (SSSR count). The molecule has 0 fully saturated rings. The van der Waals surface area contributed by atoms with Gasteiger partial charge in [-0.25, -0.2) is 4.98 Å². The van der Waals surface area contributed by atoms with Gasteiger partial charge in [-0.15, -0.1) is 0 Å². The third-order valence-electron chi connectivity index (χ3n) is 13.1. The largest absolute Gasteiger partial charge is 0.458 e. The van der Waals surface area contributed by atoms with Crippen LogP contribution in [0.15, 0.2) is 168 Å². The Balaban J connectivity index is 1.05. The number of fused-ring (bicyclic) bond motifs is 7. The summed E-state index contributed by atoms with van der Waals surface area (Å²) >= 11 is 0. The summed E-state index contributed by atoms with van der Waals surface area (Å²) in [6.07, 6.45) is 5.80. The second-order valence-electron chi connectivity index (χ2n) is 20.8. The van der Waals surface area contributed by atoms with Crippen LogP contribution in [0, 0.1) is 6.33 Å². The molecule has 0 bridgehead atoms. The van der Waals surface area contributed by atoms with E-state index in [-0.39, 0.29) is 16.2 Å². The number of nitrogens with zero attached hydrogens (tertiary/aromatic N) is 4. The number of aromatic nitrogens is 4. The molecule has 0 radical (unpaired) electrons. The SMILES string of the molecule is CC(C)(C)c1ccnc(-n2c3ccccc3c3ccc(Oc4cccc(-n5[c-][n+](-c6c(-c7ccc8oc9ccccc9c8c7)cc(C(C)(C)C)cc6C(C)(C)C)c6ccccc65)c4)cc32)c1. The van der Waals surface area contributed by atoms with Gasteiger partial charge in [-0.3, -0.25) is 13.7 Å². The Morgan fingerprint density at radius 1 is 0.530 bits per heavy atom. The lowest BCUT2D eigenvalue weighted by Crippen LogP contribution is -2.35. The average Bonchev–Trinajstić information content (AvgIpc) is 3.97. The highest BCUT2D eigenvalue weighted by molar-refractivity contribution is 6.09. The fraction of sp³-hybridized carbons (Fsp3) is 0.200. The van der Waals surface area contributed by atoms with Crippen molar-refractivity contribution in [3.05, 3.63) is 187 Å². The second kappa shape index (κ2) is 15.1. The minimum atomic E-state index is -0.201. The minimum Gasteiger partial charge on any atom is -0.458 e. The van der Waals surface area contributed by atoms with Gasteiger partial charge in [0.2, 0.25) is 0 Å². The van der Waals surface area contributed by atoms with Gasteiger partial charge in [-0.2, -0.15) is 0 Å². The molecule has 0 aliphatic carbocycles. The molecule has 0 atom stereocenters. The van der Waals surface area contributed by atoms with Gasteiger partial charge in [0.1, 0.15) is 28.5 Å². The Hall–Kier alpha value is -7.44. The molecule has 0 saturated heterocycles. The van der Waals surface area contributed by atoms with E-state index in [1.807, 2.05) is 24.4 Å². The van der Waals surface area contributed by atoms with Crippen LogP contribution < -0.4 is 9.30 Å². The number of hydrogen-bond acceptors (Lipinski definition) is 3. The maximum Gasteiger partial charge on any atom is 0.269 e. The van der Waals surface area contributed by atoms with Gasteiger partial charge in [-0.05, 0) is 111 Å². The van der Waals surface area contributed by atoms with E-state index < -0.39 is 0 Å². The Labute approximate surface area is 386 Å². The first-order valence-corrected chi connectivity index (χ1v) is 22.9. The Morgan fingerprint density at radius 3 is 2.02 bits per heavy atom. The highest BCUT2D eigenvalue weighted by Crippen LogP contribution is 2.42. The molecule has 4 aromatic heterocycles. The van der Waals surface area contributed by atoms with Crippen molar-refractivity contribution in [1.29, 1.82) is 0 Å². The number of furan rings is 1. The van der Waals surface area contributed by atoms with Crippen LogP contribution in [0.5, 0.6) is 11.5 Å². The van der Waals surface area contributed by atoms with Crippen LogP contribution >= 0.6 is 0 Å². The molecule has 0 N–H and O–H groups in total. The molecular formula is C60H54N4O2. The highest BCUT2D eigenvalue weighted by atomic mass is 16.5. The smallest absolute Gasteiger partial charge is 0.269 e. The van der Waals surface area contributed by atoms with Crippen molar-refractivity contribution in [2.75, 3.05) is 0 Å². The molecule has 0 spiro atoms. The van der Waals surface area contributed by atoms with Crippen molar-refractivity contribution in [2.45, 2.75) is 78.6 Å². The number of pyridine rings is 1. The monoisotopic (exact) mass is 862 g/mol. The molecule has 0 amide bonds. The predicted octanol–water partition coefficient (Wildman–Crippen LogP) is 15.5. The third-order valence-corrected chi connectivity index (χ3v) is 13.1. The number of hydrogen-bond donors (Lipinski definition) is 0. The quantitative estimate of drug-likeness (QED) is 0.124. The third kappa shape index (κ3) is 7.03. The first kappa shape index (κ1) is 41.3. The maximum atomic E-state index is 6.79. The van der Waals surface area contributed by atoms with Crippen LogP contribution in [-0.2, 0) is 16.2 Å². The van der Waals surface area contributed by atoms with Gasteiger partial charge in [0.05, 0.1) is 33.4 Å². The first-order valence-electron chi connectivity index (χ1n) is 22.9. The van der Waals surface area contributed by atoms with Crippen molar-refractivity contribution < 1.29 is 13.7 Å². The van der Waals surface area contributed by atoms with E-state index in [4.69, 9.17) is 14.1 Å². The highest BCUT2D eigenvalue weighted by Gasteiger charge is 2.29. The molecule has 6 heteroatoms. The molecule has 66 heavy (non-hydrogen) atoms. The van der Waals surface area contributed by atoms with E-state index in [2.05, 4.69) is 222 Å². The van der Waals surface area contributed by atoms with Gasteiger partial charge < -0.3 is 9.15 Å². The molecule has 6 nitrogen and oxygen atoms in total. The van der Waals surface area contributed by atoms with E-state index >= 15 is 0 Å². The van der Waals surface area contributed by atoms with Crippen molar-refractivity contribution in [3.63, 3.8) is 0 Å². The molecule has 326 valence electrons. The lowest BCUT2D eigenvalue weighted by Gasteiger charge is -2.30. The lowest BCUT2D eigenvalue weighted by molar-refractivity contribution is -0.572. The summed E-state index contributed by atoms with van der Waals surface area (Å²) in [4.78, 5) is 4.89. The Kier molecular flexibility index (Phi) is 9.42. The standard InChI is InChI=1S/C60H54N4O2/c1-58(2,3)39-29-30-61-56(34-39)64-50-21-12-10-19-44(50)45-27-26-43(36-53(45)64)65-42-18-16-17-41(35-42)62-37-63(52-23-14-13-22-51(52)62)57-47(32-40(59(4,5)6)33-49(57)60(7,8)9)38-25-28-55-48(31-38)46-20-11-15-24-54(46)66-55/h10-36H,1-9H3. The van der Waals surface area contributed by atoms with Crippen LogP contribution in [0.25, 0.3) is 83.1 Å². The van der Waals surface area contributed by atoms with E-state index in [9.17, 15) is 0 Å². The second-order valence-corrected chi connectivity index (χ2v) is 20.8. The van der Waals surface area contributed by atoms with Gasteiger partial charge in [0, 0.05) is 33.8 Å². The van der Waals surface area contributed by atoms with Crippen LogP contribution in [0.4, 0.5) is 0 Å². The van der Waals surface area contributed by atoms with E-state index in [1.165, 1.54) is 22.1 Å². The van der Waals surface area contributed by atoms with Crippen molar-refractivity contribution in [1.82, 2.24) is 14.1 Å². The molecule has 0 aliphatic rings. The number of para-hydroxylation sites is 4. The van der Waals surface area contributed by atoms with E-state index in [0.717, 1.165) is 89.2 Å². The topological polar surface area (TPSA) is 49.0 Å². The number of imidazole rings is 1. The zero-order chi connectivity index (χ0) is 45.7. The van der Waals surface area contributed by atoms with Gasteiger partial charge >= 0.3 is 0 Å². The molecule has 7 aromatic carbocycles. The zero-order valence-corrected chi connectivity index (χ0v) is 39.2. The molecule has 0 unspecified atom stereocenters. The normalized spacial score (nSPS) is 12.6. The van der Waals surface area contributed by atoms with E-state index in [1.54, 1.807) is 0 Å². The average molecular weight is 863 g/mol. The van der Waals surface area contributed by atoms with Crippen molar-refractivity contribution >= 4 is 54.8 Å². The zero-order valence-electron chi connectivity index (χ0n) is 39.2. The summed E-state index contributed by atoms with van der Waals surface area (Å²) in [5, 5.41) is 4.54. The van der Waals surface area contributed by atoms with Crippen molar-refractivity contribution in [3.8, 4) is 39.8 Å². The number of benzene rings is 7. The van der Waals surface area contributed by atoms with Gasteiger partial charge in [0.15, 0.2) is 0 Å². The molecule has 11 aromatic rings. The number of rotatable bonds is 6. The fourth-order valence-corrected chi connectivity index (χ4v) is 9.50. The van der Waals surface area contributed by atoms with Crippen LogP contribution in [0.1, 0.15) is 79.0 Å². The first-order chi connectivity index (χ1) is 31.6. The minimum absolute atomic E-state index is 0.0171. The number of ether oxygens (including phenoxy) is 1. The van der Waals surface area contributed by atoms with Crippen LogP contribution in [0.2, 0.25) is 0 Å². The van der Waals surface area contributed by atoms with Gasteiger partial charge in [-0.1, -0.05) is 147 Å². The summed E-state index contributed by atoms with van der Waals surface area (Å²) in [6.45, 7) is 20.5. The van der Waals surface area contributed by atoms with Crippen molar-refractivity contribution in [2.24, 2.45) is 0 Å². The van der Waals surface area contributed by atoms with Gasteiger partial charge in [0.25, 0.3) is 6.33 Å². The summed E-state index contributed by atoms with van der Waals surface area (Å²) in [5.41, 5.74) is 13.8. The predicted molar refractivity (Wildman–Crippen MR) is 271 cm³/mol. The molecule has 0 saturated carbocycles. The molecule has 0 aliphatic heterocycles. The van der Waals surface area contributed by atoms with E-state index in [0.29, 0.717) is 0 Å². The summed E-state index contributed by atoms with van der Waals surface area (Å²) in [6, 6.07) is 55.9. The molecular weight excluding hydrogens is 809 g/mol. The summed E-state index contributed by atoms with van der Waals surface area (Å²) < 4.78 is 19.8. The molecule has 4 heterocycles. The summed E-state index contributed by atoms with van der Waals surface area (Å²) in [7, 11) is 0. The fourth-order valence-electron chi connectivity index (χ4n) is 9.50. The maximum absolute atomic E-state index is 6.79.